The SMILES string of the molecule is COc1ccc(OC)c(Nc2cnnc(N3CCCCCC3)n2)c1. The lowest BCUT2D eigenvalue weighted by atomic mass is 10.2. The molecule has 0 amide bonds. The smallest absolute Gasteiger partial charge is 0.247 e. The second-order valence-electron chi connectivity index (χ2n) is 5.73. The number of hydrogen-bond donors (Lipinski definition) is 1. The third-order valence-corrected chi connectivity index (χ3v) is 4.11. The Morgan fingerprint density at radius 2 is 1.83 bits per heavy atom. The molecule has 2 heterocycles. The number of nitrogens with one attached hydrogen (secondary N) is 1. The fourth-order valence-electron chi connectivity index (χ4n) is 2.81. The molecule has 1 saturated heterocycles. The van der Waals surface area contributed by atoms with Crippen LogP contribution in [0.15, 0.2) is 24.4 Å². The van der Waals surface area contributed by atoms with E-state index < -0.39 is 0 Å². The van der Waals surface area contributed by atoms with Gasteiger partial charge in [0.25, 0.3) is 0 Å². The quantitative estimate of drug-likeness (QED) is 0.904. The van der Waals surface area contributed by atoms with Crippen LogP contribution in [0.3, 0.4) is 0 Å². The number of benzene rings is 1. The highest BCUT2D eigenvalue weighted by Crippen LogP contribution is 2.31. The van der Waals surface area contributed by atoms with Gasteiger partial charge in [0.1, 0.15) is 11.5 Å². The molecule has 0 aliphatic carbocycles. The minimum Gasteiger partial charge on any atom is -0.497 e. The second-order valence-corrected chi connectivity index (χ2v) is 5.73. The van der Waals surface area contributed by atoms with Crippen molar-refractivity contribution in [2.24, 2.45) is 0 Å². The van der Waals surface area contributed by atoms with Gasteiger partial charge in [0.05, 0.1) is 26.1 Å². The molecular weight excluding hydrogens is 306 g/mol. The average Bonchev–Trinajstić information content (AvgIpc) is 2.91. The highest BCUT2D eigenvalue weighted by molar-refractivity contribution is 5.66. The molecule has 1 aliphatic heterocycles. The van der Waals surface area contributed by atoms with Crippen LogP contribution in [-0.4, -0.2) is 42.5 Å². The van der Waals surface area contributed by atoms with Crippen LogP contribution < -0.4 is 19.7 Å². The molecule has 3 rings (SSSR count). The van der Waals surface area contributed by atoms with E-state index in [9.17, 15) is 0 Å². The minimum absolute atomic E-state index is 0.635. The molecule has 0 radical (unpaired) electrons. The summed E-state index contributed by atoms with van der Waals surface area (Å²) in [6.45, 7) is 1.96. The monoisotopic (exact) mass is 329 g/mol. The molecule has 2 aromatic rings. The molecule has 128 valence electrons. The van der Waals surface area contributed by atoms with E-state index in [1.807, 2.05) is 18.2 Å². The van der Waals surface area contributed by atoms with E-state index in [0.717, 1.165) is 24.5 Å². The largest absolute Gasteiger partial charge is 0.497 e. The van der Waals surface area contributed by atoms with E-state index in [1.165, 1.54) is 25.7 Å². The second kappa shape index (κ2) is 7.81. The summed E-state index contributed by atoms with van der Waals surface area (Å²) in [4.78, 5) is 6.81. The Morgan fingerprint density at radius 3 is 2.54 bits per heavy atom. The number of nitrogens with zero attached hydrogens (tertiary/aromatic N) is 4. The van der Waals surface area contributed by atoms with E-state index in [0.29, 0.717) is 17.5 Å². The summed E-state index contributed by atoms with van der Waals surface area (Å²) in [5, 5.41) is 11.5. The van der Waals surface area contributed by atoms with Gasteiger partial charge in [-0.15, -0.1) is 5.10 Å². The van der Waals surface area contributed by atoms with Gasteiger partial charge in [-0.3, -0.25) is 0 Å². The van der Waals surface area contributed by atoms with Crippen molar-refractivity contribution >= 4 is 17.5 Å². The van der Waals surface area contributed by atoms with Crippen molar-refractivity contribution in [2.75, 3.05) is 37.5 Å². The number of methoxy groups -OCH3 is 2. The molecule has 1 fully saturated rings. The van der Waals surface area contributed by atoms with Crippen LogP contribution in [0.1, 0.15) is 25.7 Å². The standard InChI is InChI=1S/C17H23N5O2/c1-23-13-7-8-15(24-2)14(11-13)19-16-12-18-21-17(20-16)22-9-5-3-4-6-10-22/h7-8,11-12H,3-6,9-10H2,1-2H3,(H,19,20,21). The molecule has 7 heteroatoms. The first-order valence-electron chi connectivity index (χ1n) is 8.24. The molecule has 0 saturated carbocycles. The number of hydrogen-bond acceptors (Lipinski definition) is 7. The molecule has 7 nitrogen and oxygen atoms in total. The van der Waals surface area contributed by atoms with E-state index >= 15 is 0 Å². The summed E-state index contributed by atoms with van der Waals surface area (Å²) in [6, 6.07) is 5.57. The van der Waals surface area contributed by atoms with Gasteiger partial charge in [0.15, 0.2) is 5.82 Å². The third kappa shape index (κ3) is 3.84. The van der Waals surface area contributed by atoms with E-state index in [2.05, 4.69) is 25.4 Å². The molecule has 0 spiro atoms. The van der Waals surface area contributed by atoms with E-state index in [4.69, 9.17) is 9.47 Å². The van der Waals surface area contributed by atoms with Crippen LogP contribution in [0.25, 0.3) is 0 Å². The molecule has 0 bridgehead atoms. The molecule has 24 heavy (non-hydrogen) atoms. The first kappa shape index (κ1) is 16.3. The van der Waals surface area contributed by atoms with Crippen LogP contribution in [-0.2, 0) is 0 Å². The van der Waals surface area contributed by atoms with Crippen molar-refractivity contribution in [3.05, 3.63) is 24.4 Å². The van der Waals surface area contributed by atoms with Crippen molar-refractivity contribution in [1.29, 1.82) is 0 Å². The molecule has 1 aliphatic rings. The molecule has 0 atom stereocenters. The van der Waals surface area contributed by atoms with Gasteiger partial charge in [0, 0.05) is 19.2 Å². The first-order chi connectivity index (χ1) is 11.8. The Kier molecular flexibility index (Phi) is 5.30. The Bertz CT molecular complexity index is 672. The average molecular weight is 329 g/mol. The van der Waals surface area contributed by atoms with E-state index in [-0.39, 0.29) is 0 Å². The number of anilines is 3. The predicted molar refractivity (Wildman–Crippen MR) is 93.3 cm³/mol. The predicted octanol–water partition coefficient (Wildman–Crippen LogP) is 3.01. The number of rotatable bonds is 5. The van der Waals surface area contributed by atoms with Gasteiger partial charge in [-0.05, 0) is 25.0 Å². The Morgan fingerprint density at radius 1 is 1.04 bits per heavy atom. The topological polar surface area (TPSA) is 72.4 Å². The molecule has 1 aromatic carbocycles. The Labute approximate surface area is 142 Å². The van der Waals surface area contributed by atoms with Crippen LogP contribution in [0, 0.1) is 0 Å². The molecule has 0 unspecified atom stereocenters. The molecule has 1 N–H and O–H groups in total. The van der Waals surface area contributed by atoms with Crippen LogP contribution in [0.5, 0.6) is 11.5 Å². The summed E-state index contributed by atoms with van der Waals surface area (Å²) >= 11 is 0. The minimum atomic E-state index is 0.635. The Balaban J connectivity index is 1.81. The van der Waals surface area contributed by atoms with Gasteiger partial charge in [-0.25, -0.2) is 0 Å². The zero-order valence-corrected chi connectivity index (χ0v) is 14.2. The van der Waals surface area contributed by atoms with Gasteiger partial charge >= 0.3 is 0 Å². The first-order valence-corrected chi connectivity index (χ1v) is 8.24. The van der Waals surface area contributed by atoms with Crippen molar-refractivity contribution in [1.82, 2.24) is 15.2 Å². The lowest BCUT2D eigenvalue weighted by molar-refractivity contribution is 0.405. The highest BCUT2D eigenvalue weighted by atomic mass is 16.5. The van der Waals surface area contributed by atoms with Crippen molar-refractivity contribution in [3.63, 3.8) is 0 Å². The van der Waals surface area contributed by atoms with Gasteiger partial charge < -0.3 is 19.7 Å². The summed E-state index contributed by atoms with van der Waals surface area (Å²) < 4.78 is 10.7. The molecular formula is C17H23N5O2. The van der Waals surface area contributed by atoms with Gasteiger partial charge in [-0.1, -0.05) is 12.8 Å². The summed E-state index contributed by atoms with van der Waals surface area (Å²) in [5.74, 6) is 2.76. The summed E-state index contributed by atoms with van der Waals surface area (Å²) in [6.07, 6.45) is 6.49. The maximum Gasteiger partial charge on any atom is 0.247 e. The molecule has 1 aromatic heterocycles. The maximum atomic E-state index is 5.39. The summed E-state index contributed by atoms with van der Waals surface area (Å²) in [7, 11) is 3.27. The van der Waals surface area contributed by atoms with Gasteiger partial charge in [-0.2, -0.15) is 10.1 Å². The van der Waals surface area contributed by atoms with Crippen molar-refractivity contribution in [3.8, 4) is 11.5 Å². The van der Waals surface area contributed by atoms with Crippen LogP contribution >= 0.6 is 0 Å². The lowest BCUT2D eigenvalue weighted by Crippen LogP contribution is -2.26. The third-order valence-electron chi connectivity index (χ3n) is 4.11. The Hall–Kier alpha value is -2.57. The maximum absolute atomic E-state index is 5.39. The van der Waals surface area contributed by atoms with Crippen LogP contribution in [0.2, 0.25) is 0 Å². The highest BCUT2D eigenvalue weighted by Gasteiger charge is 2.14. The zero-order valence-electron chi connectivity index (χ0n) is 14.2. The lowest BCUT2D eigenvalue weighted by Gasteiger charge is -2.20. The van der Waals surface area contributed by atoms with Crippen LogP contribution in [0.4, 0.5) is 17.5 Å². The fraction of sp³-hybridized carbons (Fsp3) is 0.471. The van der Waals surface area contributed by atoms with Gasteiger partial charge in [0.2, 0.25) is 5.95 Å². The zero-order chi connectivity index (χ0) is 16.8. The van der Waals surface area contributed by atoms with E-state index in [1.54, 1.807) is 20.4 Å². The number of aromatic nitrogens is 3. The van der Waals surface area contributed by atoms with Crippen molar-refractivity contribution in [2.45, 2.75) is 25.7 Å². The number of ether oxygens (including phenoxy) is 2. The van der Waals surface area contributed by atoms with Crippen molar-refractivity contribution < 1.29 is 9.47 Å². The normalized spacial score (nSPS) is 14.8. The summed E-state index contributed by atoms with van der Waals surface area (Å²) in [5.41, 5.74) is 0.777. The fourth-order valence-corrected chi connectivity index (χ4v) is 2.81.